The van der Waals surface area contributed by atoms with Crippen molar-refractivity contribution < 1.29 is 84.7 Å². The Labute approximate surface area is 296 Å². The third kappa shape index (κ3) is 5.00. The Bertz CT molecular complexity index is 2290. The Hall–Kier alpha value is -6.72. The quantitative estimate of drug-likeness (QED) is 0.106. The number of carbonyl (C=O) groups excluding carboxylic acids is 2. The van der Waals surface area contributed by atoms with Gasteiger partial charge in [0.2, 0.25) is 11.5 Å². The highest BCUT2D eigenvalue weighted by atomic mass is 16.6. The third-order valence-corrected chi connectivity index (χ3v) is 9.78. The maximum Gasteiger partial charge on any atom is 0.338 e. The van der Waals surface area contributed by atoms with Gasteiger partial charge >= 0.3 is 5.97 Å². The van der Waals surface area contributed by atoms with Gasteiger partial charge in [0.1, 0.15) is 46.7 Å². The number of aliphatic hydroxyl groups excluding tert-OH is 1. The number of hydrogen-bond acceptors (Lipinski definition) is 17. The van der Waals surface area contributed by atoms with E-state index in [1.807, 2.05) is 0 Å². The number of rotatable bonds is 4. The van der Waals surface area contributed by atoms with Crippen molar-refractivity contribution in [3.05, 3.63) is 81.9 Å². The van der Waals surface area contributed by atoms with Crippen LogP contribution in [0.3, 0.4) is 0 Å². The van der Waals surface area contributed by atoms with Crippen molar-refractivity contribution in [2.24, 2.45) is 0 Å². The highest BCUT2D eigenvalue weighted by Crippen LogP contribution is 2.61. The first-order valence-corrected chi connectivity index (χ1v) is 15.9. The number of fused-ring (bicyclic) bond motifs is 5. The van der Waals surface area contributed by atoms with Crippen molar-refractivity contribution in [3.63, 3.8) is 0 Å². The summed E-state index contributed by atoms with van der Waals surface area (Å²) in [6.45, 7) is 0. The fraction of sp³-hybridized carbons (Fsp3) is 0.222. The summed E-state index contributed by atoms with van der Waals surface area (Å²) in [5.41, 5.74) is -0.640. The average Bonchev–Trinajstić information content (AvgIpc) is 3.54. The molecule has 4 aromatic rings. The van der Waals surface area contributed by atoms with Gasteiger partial charge in [-0.25, -0.2) is 4.79 Å². The lowest BCUT2D eigenvalue weighted by atomic mass is 9.79. The molecule has 2 unspecified atom stereocenters. The summed E-state index contributed by atoms with van der Waals surface area (Å²) in [5, 5.41) is 116. The van der Waals surface area contributed by atoms with Gasteiger partial charge in [-0.1, -0.05) is 0 Å². The van der Waals surface area contributed by atoms with Crippen LogP contribution in [-0.2, 0) is 22.4 Å². The third-order valence-electron chi connectivity index (χ3n) is 9.78. The maximum absolute atomic E-state index is 13.5. The lowest BCUT2D eigenvalue weighted by Gasteiger charge is -2.36. The molecule has 4 aliphatic rings. The molecule has 0 aromatic heterocycles. The lowest BCUT2D eigenvalue weighted by molar-refractivity contribution is -0.163. The van der Waals surface area contributed by atoms with Crippen LogP contribution >= 0.6 is 0 Å². The summed E-state index contributed by atoms with van der Waals surface area (Å²) in [4.78, 5) is 27.0. The Morgan fingerprint density at radius 1 is 0.717 bits per heavy atom. The number of benzene rings is 4. The molecule has 274 valence electrons. The van der Waals surface area contributed by atoms with Crippen LogP contribution in [0.5, 0.6) is 69.0 Å². The van der Waals surface area contributed by atoms with E-state index in [-0.39, 0.29) is 63.7 Å². The maximum atomic E-state index is 13.5. The molecule has 0 bridgehead atoms. The van der Waals surface area contributed by atoms with Crippen molar-refractivity contribution in [1.82, 2.24) is 0 Å². The molecule has 0 saturated heterocycles. The molecule has 17 nitrogen and oxygen atoms in total. The Kier molecular flexibility index (Phi) is 7.18. The van der Waals surface area contributed by atoms with E-state index in [9.17, 15) is 65.8 Å². The molecule has 8 rings (SSSR count). The smallest absolute Gasteiger partial charge is 0.338 e. The molecule has 17 heteroatoms. The Morgan fingerprint density at radius 2 is 1.28 bits per heavy atom. The van der Waals surface area contributed by atoms with Crippen LogP contribution in [0.15, 0.2) is 54.1 Å². The molecular weight excluding hydrogens is 704 g/mol. The van der Waals surface area contributed by atoms with Crippen LogP contribution in [0.1, 0.15) is 44.6 Å². The Balaban J connectivity index is 1.26. The lowest BCUT2D eigenvalue weighted by Crippen LogP contribution is -2.45. The molecule has 6 atom stereocenters. The van der Waals surface area contributed by atoms with E-state index in [1.165, 1.54) is 6.07 Å². The van der Waals surface area contributed by atoms with Crippen molar-refractivity contribution >= 4 is 11.8 Å². The van der Waals surface area contributed by atoms with Crippen molar-refractivity contribution in [3.8, 4) is 69.0 Å². The fourth-order valence-corrected chi connectivity index (χ4v) is 7.38. The van der Waals surface area contributed by atoms with Crippen LogP contribution in [0.4, 0.5) is 0 Å². The van der Waals surface area contributed by atoms with Crippen LogP contribution in [0.2, 0.25) is 0 Å². The molecule has 0 radical (unpaired) electrons. The van der Waals surface area contributed by atoms with Crippen molar-refractivity contribution in [1.29, 1.82) is 0 Å². The van der Waals surface area contributed by atoms with Gasteiger partial charge in [0.25, 0.3) is 5.79 Å². The van der Waals surface area contributed by atoms with E-state index >= 15 is 0 Å². The first kappa shape index (κ1) is 33.4. The summed E-state index contributed by atoms with van der Waals surface area (Å²) in [7, 11) is 0. The zero-order valence-corrected chi connectivity index (χ0v) is 26.8. The summed E-state index contributed by atoms with van der Waals surface area (Å²) in [6, 6.07) is 6.98. The molecule has 3 heterocycles. The number of aromatic hydroxyl groups is 9. The number of ketones is 1. The van der Waals surface area contributed by atoms with E-state index in [4.69, 9.17) is 18.9 Å². The van der Waals surface area contributed by atoms with Gasteiger partial charge in [-0.15, -0.1) is 0 Å². The summed E-state index contributed by atoms with van der Waals surface area (Å²) in [6.07, 6.45) is -5.50. The monoisotopic (exact) mass is 732 g/mol. The molecule has 3 aliphatic heterocycles. The number of aliphatic hydroxyl groups is 2. The van der Waals surface area contributed by atoms with Gasteiger partial charge in [-0.05, 0) is 29.8 Å². The highest BCUT2D eigenvalue weighted by Gasteiger charge is 2.63. The average molecular weight is 733 g/mol. The second kappa shape index (κ2) is 11.4. The van der Waals surface area contributed by atoms with Crippen LogP contribution in [-0.4, -0.2) is 92.0 Å². The van der Waals surface area contributed by atoms with Crippen LogP contribution < -0.4 is 14.2 Å². The van der Waals surface area contributed by atoms with E-state index in [2.05, 4.69) is 0 Å². The second-order valence-electron chi connectivity index (χ2n) is 13.1. The number of esters is 1. The number of ether oxygens (including phenoxy) is 4. The van der Waals surface area contributed by atoms with E-state index < -0.39 is 99.4 Å². The Morgan fingerprint density at radius 3 is 1.91 bits per heavy atom. The molecule has 0 amide bonds. The predicted molar refractivity (Wildman–Crippen MR) is 173 cm³/mol. The zero-order chi connectivity index (χ0) is 37.8. The van der Waals surface area contributed by atoms with E-state index in [0.29, 0.717) is 0 Å². The molecule has 0 fully saturated rings. The van der Waals surface area contributed by atoms with Gasteiger partial charge in [0, 0.05) is 59.4 Å². The fourth-order valence-electron chi connectivity index (χ4n) is 7.38. The minimum atomic E-state index is -2.78. The second-order valence-corrected chi connectivity index (χ2v) is 13.1. The van der Waals surface area contributed by atoms with Gasteiger partial charge in [-0.2, -0.15) is 0 Å². The van der Waals surface area contributed by atoms with Gasteiger partial charge < -0.3 is 75.1 Å². The summed E-state index contributed by atoms with van der Waals surface area (Å²) in [5.74, 6) is -13.3. The predicted octanol–water partition coefficient (Wildman–Crippen LogP) is 1.98. The number of phenolic OH excluding ortho intramolecular Hbond substituents is 9. The first-order chi connectivity index (χ1) is 25.0. The van der Waals surface area contributed by atoms with Crippen LogP contribution in [0, 0.1) is 0 Å². The van der Waals surface area contributed by atoms with Gasteiger partial charge in [0.05, 0.1) is 17.6 Å². The number of hydrogen-bond donors (Lipinski definition) is 11. The zero-order valence-electron chi connectivity index (χ0n) is 26.8. The normalized spacial score (nSPS) is 25.1. The summed E-state index contributed by atoms with van der Waals surface area (Å²) < 4.78 is 23.6. The SMILES string of the molecule is O=C(O[C@@H]1Cc2c(O)cc(O)cc2O[C@@H]1c1cc(O)c(O)c2c1C1C([C@H]3Oc4cc(O)cc(O)c4C[C@H]3O)=CC(=O)C1(O)O2)c1cc(O)c(O)c(O)c1. The highest BCUT2D eigenvalue weighted by molar-refractivity contribution is 6.03. The number of carbonyl (C=O) groups is 2. The van der Waals surface area contributed by atoms with Crippen molar-refractivity contribution in [2.45, 2.75) is 49.0 Å². The van der Waals surface area contributed by atoms with Gasteiger partial charge in [0.15, 0.2) is 34.9 Å². The van der Waals surface area contributed by atoms with Crippen LogP contribution in [0.25, 0.3) is 0 Å². The minimum Gasteiger partial charge on any atom is -0.508 e. The molecule has 53 heavy (non-hydrogen) atoms. The molecule has 0 saturated carbocycles. The first-order valence-electron chi connectivity index (χ1n) is 15.9. The topological polar surface area (TPSA) is 294 Å². The minimum absolute atomic E-state index is 0.0420. The molecule has 1 aliphatic carbocycles. The number of phenols is 9. The molecule has 4 aromatic carbocycles. The largest absolute Gasteiger partial charge is 0.508 e. The molecular formula is C36H28O17. The summed E-state index contributed by atoms with van der Waals surface area (Å²) >= 11 is 0. The van der Waals surface area contributed by atoms with E-state index in [1.54, 1.807) is 0 Å². The van der Waals surface area contributed by atoms with Gasteiger partial charge in [-0.3, -0.25) is 4.79 Å². The standard InChI is InChI=1S/C36H28O17/c37-12-3-18(39)14-7-23(44)32(50-24(14)5-12)17-10-27(45)36(49)29(17)28-16(8-22(43)31(47)34(28)53-36)33-26(9-15-19(40)4-13(38)6-25(15)51-33)52-35(48)11-1-20(41)30(46)21(42)2-11/h1-6,8,10,23,26,29,32-33,37-44,46-47,49H,7,9H2/t23-,26-,29?,32-,33-,36?/m1/s1. The van der Waals surface area contributed by atoms with E-state index in [0.717, 1.165) is 42.5 Å². The van der Waals surface area contributed by atoms with Crippen molar-refractivity contribution in [2.75, 3.05) is 0 Å². The molecule has 11 N–H and O–H groups in total. The molecule has 0 spiro atoms.